The molecule has 0 radical (unpaired) electrons. The van der Waals surface area contributed by atoms with Crippen LogP contribution in [0.2, 0.25) is 0 Å². The van der Waals surface area contributed by atoms with E-state index in [-0.39, 0.29) is 11.5 Å². The number of nitrogens with zero attached hydrogens (tertiary/aromatic N) is 3. The molecule has 6 heteroatoms. The number of hydrogen-bond donors (Lipinski definition) is 1. The van der Waals surface area contributed by atoms with Crippen LogP contribution in [0, 0.1) is 0 Å². The van der Waals surface area contributed by atoms with Crippen LogP contribution in [0.15, 0.2) is 59.5 Å². The van der Waals surface area contributed by atoms with Gasteiger partial charge >= 0.3 is 0 Å². The van der Waals surface area contributed by atoms with Crippen molar-refractivity contribution in [3.8, 4) is 0 Å². The summed E-state index contributed by atoms with van der Waals surface area (Å²) in [6.45, 7) is 1.94. The zero-order valence-corrected chi connectivity index (χ0v) is 14.4. The molecule has 3 heterocycles. The van der Waals surface area contributed by atoms with E-state index < -0.39 is 0 Å². The summed E-state index contributed by atoms with van der Waals surface area (Å²) in [5.74, 6) is 0.191. The van der Waals surface area contributed by atoms with Crippen LogP contribution in [0.25, 0.3) is 5.65 Å². The summed E-state index contributed by atoms with van der Waals surface area (Å²) in [7, 11) is 0. The lowest BCUT2D eigenvalue weighted by Crippen LogP contribution is -2.24. The maximum atomic E-state index is 12.1. The first-order chi connectivity index (χ1) is 12.7. The van der Waals surface area contributed by atoms with Crippen LogP contribution >= 0.6 is 0 Å². The summed E-state index contributed by atoms with van der Waals surface area (Å²) >= 11 is 0. The van der Waals surface area contributed by atoms with Crippen LogP contribution in [0.5, 0.6) is 0 Å². The van der Waals surface area contributed by atoms with Crippen molar-refractivity contribution in [1.29, 1.82) is 0 Å². The summed E-state index contributed by atoms with van der Waals surface area (Å²) in [4.78, 5) is 30.4. The molecular formula is C20H20N4O2. The van der Waals surface area contributed by atoms with Crippen LogP contribution in [0.1, 0.15) is 24.1 Å². The molecule has 26 heavy (non-hydrogen) atoms. The number of nitrogens with one attached hydrogen (secondary N) is 1. The molecule has 0 spiro atoms. The second-order valence-electron chi connectivity index (χ2n) is 6.44. The van der Waals surface area contributed by atoms with Gasteiger partial charge in [0.25, 0.3) is 5.56 Å². The van der Waals surface area contributed by atoms with E-state index in [9.17, 15) is 9.59 Å². The Hall–Kier alpha value is -2.99. The fraction of sp³-hybridized carbons (Fsp3) is 0.250. The van der Waals surface area contributed by atoms with Gasteiger partial charge in [-0.25, -0.2) is 4.98 Å². The number of fused-ring (bicyclic) bond motifs is 1. The van der Waals surface area contributed by atoms with E-state index in [4.69, 9.17) is 0 Å². The van der Waals surface area contributed by atoms with Crippen molar-refractivity contribution in [2.24, 2.45) is 0 Å². The predicted octanol–water partition coefficient (Wildman–Crippen LogP) is 2.11. The van der Waals surface area contributed by atoms with Crippen molar-refractivity contribution in [2.75, 3.05) is 11.4 Å². The van der Waals surface area contributed by atoms with E-state index in [1.54, 1.807) is 12.3 Å². The number of benzene rings is 1. The normalized spacial score (nSPS) is 14.3. The molecule has 6 nitrogen and oxygen atoms in total. The Kier molecular flexibility index (Phi) is 4.50. The number of carbonyl (C=O) groups excluding carboxylic acids is 1. The van der Waals surface area contributed by atoms with E-state index >= 15 is 0 Å². The van der Waals surface area contributed by atoms with Gasteiger partial charge in [-0.15, -0.1) is 0 Å². The lowest BCUT2D eigenvalue weighted by Gasteiger charge is -2.16. The minimum absolute atomic E-state index is 0.0815. The quantitative estimate of drug-likeness (QED) is 0.767. The van der Waals surface area contributed by atoms with Gasteiger partial charge in [0.1, 0.15) is 5.65 Å². The van der Waals surface area contributed by atoms with Crippen molar-refractivity contribution >= 4 is 17.2 Å². The lowest BCUT2D eigenvalue weighted by molar-refractivity contribution is -0.117. The van der Waals surface area contributed by atoms with E-state index in [0.717, 1.165) is 24.2 Å². The first-order valence-corrected chi connectivity index (χ1v) is 8.78. The third-order valence-corrected chi connectivity index (χ3v) is 4.55. The minimum atomic E-state index is -0.0815. The van der Waals surface area contributed by atoms with E-state index in [1.807, 2.05) is 47.4 Å². The molecule has 3 aromatic rings. The van der Waals surface area contributed by atoms with Gasteiger partial charge < -0.3 is 10.2 Å². The van der Waals surface area contributed by atoms with Crippen molar-refractivity contribution in [1.82, 2.24) is 14.7 Å². The highest BCUT2D eigenvalue weighted by Crippen LogP contribution is 2.22. The molecule has 0 bridgehead atoms. The van der Waals surface area contributed by atoms with Crippen molar-refractivity contribution < 1.29 is 4.79 Å². The third kappa shape index (κ3) is 3.36. The fourth-order valence-corrected chi connectivity index (χ4v) is 3.28. The Morgan fingerprint density at radius 1 is 1.04 bits per heavy atom. The lowest BCUT2D eigenvalue weighted by atomic mass is 10.2. The number of carbonyl (C=O) groups is 1. The number of hydrogen-bond acceptors (Lipinski definition) is 4. The summed E-state index contributed by atoms with van der Waals surface area (Å²) in [6.07, 6.45) is 3.27. The van der Waals surface area contributed by atoms with Gasteiger partial charge in [-0.2, -0.15) is 0 Å². The van der Waals surface area contributed by atoms with Crippen LogP contribution in [-0.2, 0) is 17.9 Å². The molecule has 1 aliphatic rings. The van der Waals surface area contributed by atoms with Crippen LogP contribution in [-0.4, -0.2) is 21.8 Å². The average molecular weight is 348 g/mol. The second-order valence-corrected chi connectivity index (χ2v) is 6.44. The van der Waals surface area contributed by atoms with Gasteiger partial charge in [-0.05, 0) is 36.2 Å². The molecule has 1 fully saturated rings. The molecule has 2 aromatic heterocycles. The van der Waals surface area contributed by atoms with Crippen molar-refractivity contribution in [3.63, 3.8) is 0 Å². The highest BCUT2D eigenvalue weighted by molar-refractivity contribution is 5.95. The highest BCUT2D eigenvalue weighted by atomic mass is 16.2. The average Bonchev–Trinajstić information content (AvgIpc) is 3.08. The maximum absolute atomic E-state index is 12.1. The summed E-state index contributed by atoms with van der Waals surface area (Å²) in [5.41, 5.74) is 3.33. The largest absolute Gasteiger partial charge is 0.312 e. The molecule has 132 valence electrons. The van der Waals surface area contributed by atoms with Crippen molar-refractivity contribution in [2.45, 2.75) is 25.9 Å². The fourth-order valence-electron chi connectivity index (χ4n) is 3.28. The molecule has 1 amide bonds. The molecule has 1 aliphatic heterocycles. The molecule has 0 unspecified atom stereocenters. The van der Waals surface area contributed by atoms with Gasteiger partial charge in [0.05, 0.1) is 5.69 Å². The third-order valence-electron chi connectivity index (χ3n) is 4.55. The van der Waals surface area contributed by atoms with Crippen LogP contribution in [0.4, 0.5) is 5.69 Å². The van der Waals surface area contributed by atoms with E-state index in [2.05, 4.69) is 10.3 Å². The smallest absolute Gasteiger partial charge is 0.258 e. The van der Waals surface area contributed by atoms with E-state index in [1.165, 1.54) is 4.40 Å². The van der Waals surface area contributed by atoms with Crippen molar-refractivity contribution in [3.05, 3.63) is 76.3 Å². The molecule has 0 saturated carbocycles. The highest BCUT2D eigenvalue weighted by Gasteiger charge is 2.21. The Balaban J connectivity index is 1.43. The number of rotatable bonds is 5. The number of amides is 1. The van der Waals surface area contributed by atoms with Gasteiger partial charge in [-0.1, -0.05) is 18.2 Å². The second kappa shape index (κ2) is 7.09. The predicted molar refractivity (Wildman–Crippen MR) is 100 cm³/mol. The molecule has 4 rings (SSSR count). The molecule has 1 saturated heterocycles. The Bertz CT molecular complexity index is 1010. The Labute approximate surface area is 151 Å². The number of aromatic nitrogens is 2. The minimum Gasteiger partial charge on any atom is -0.312 e. The number of pyridine rings is 1. The zero-order valence-electron chi connectivity index (χ0n) is 14.4. The van der Waals surface area contributed by atoms with Gasteiger partial charge in [0, 0.05) is 44.0 Å². The van der Waals surface area contributed by atoms with Crippen LogP contribution < -0.4 is 15.8 Å². The molecule has 1 N–H and O–H groups in total. The Morgan fingerprint density at radius 3 is 2.81 bits per heavy atom. The van der Waals surface area contributed by atoms with Crippen LogP contribution in [0.3, 0.4) is 0 Å². The topological polar surface area (TPSA) is 66.7 Å². The standard InChI is InChI=1S/C20H20N4O2/c25-19-8-4-10-23(19)17-6-3-5-15(11-17)13-21-14-16-12-20(26)24-9-2-1-7-18(24)22-16/h1-3,5-7,9,11-12,21H,4,8,10,13-14H2. The summed E-state index contributed by atoms with van der Waals surface area (Å²) in [5, 5.41) is 3.32. The molecule has 0 aliphatic carbocycles. The van der Waals surface area contributed by atoms with Gasteiger partial charge in [0.2, 0.25) is 5.91 Å². The monoisotopic (exact) mass is 348 g/mol. The number of anilines is 1. The first-order valence-electron chi connectivity index (χ1n) is 8.78. The molecule has 0 atom stereocenters. The summed E-state index contributed by atoms with van der Waals surface area (Å²) < 4.78 is 1.53. The SMILES string of the molecule is O=C1CCCN1c1cccc(CNCc2cc(=O)n3ccccc3n2)c1. The maximum Gasteiger partial charge on any atom is 0.258 e. The molecule has 1 aromatic carbocycles. The van der Waals surface area contributed by atoms with Gasteiger partial charge in [-0.3, -0.25) is 14.0 Å². The van der Waals surface area contributed by atoms with Gasteiger partial charge in [0.15, 0.2) is 0 Å². The zero-order chi connectivity index (χ0) is 17.9. The van der Waals surface area contributed by atoms with E-state index in [0.29, 0.717) is 30.9 Å². The Morgan fingerprint density at radius 2 is 1.96 bits per heavy atom. The summed E-state index contributed by atoms with van der Waals surface area (Å²) in [6, 6.07) is 15.1. The molecular weight excluding hydrogens is 328 g/mol. The first kappa shape index (κ1) is 16.5.